The summed E-state index contributed by atoms with van der Waals surface area (Å²) in [4.78, 5) is 26.0. The number of rotatable bonds is 3. The number of hydrogen-bond donors (Lipinski definition) is 1. The molecular formula is C22H14N2O3. The topological polar surface area (TPSA) is 79.2 Å². The van der Waals surface area contributed by atoms with Crippen LogP contribution in [0.2, 0.25) is 0 Å². The molecule has 0 aliphatic heterocycles. The van der Waals surface area contributed by atoms with Crippen molar-refractivity contribution in [2.24, 2.45) is 0 Å². The fraction of sp³-hybridized carbons (Fsp3) is 0.0455. The maximum absolute atomic E-state index is 13.1. The monoisotopic (exact) mass is 354 g/mol. The Kier molecular flexibility index (Phi) is 3.94. The molecule has 0 aromatic heterocycles. The van der Waals surface area contributed by atoms with E-state index >= 15 is 0 Å². The van der Waals surface area contributed by atoms with Crippen LogP contribution in [0.4, 0.5) is 11.4 Å². The Morgan fingerprint density at radius 3 is 2.15 bits per heavy atom. The first kappa shape index (κ1) is 16.6. The summed E-state index contributed by atoms with van der Waals surface area (Å²) in [6.07, 6.45) is 0. The maximum Gasteiger partial charge on any atom is 0.196 e. The largest absolute Gasteiger partial charge is 0.497 e. The van der Waals surface area contributed by atoms with Crippen LogP contribution in [0.15, 0.2) is 60.7 Å². The molecule has 0 bridgehead atoms. The van der Waals surface area contributed by atoms with Crippen LogP contribution in [-0.4, -0.2) is 18.7 Å². The van der Waals surface area contributed by atoms with Crippen molar-refractivity contribution >= 4 is 22.9 Å². The minimum atomic E-state index is -0.270. The van der Waals surface area contributed by atoms with Crippen LogP contribution >= 0.6 is 0 Å². The molecule has 130 valence electrons. The quantitative estimate of drug-likeness (QED) is 0.599. The van der Waals surface area contributed by atoms with Gasteiger partial charge in [0.25, 0.3) is 0 Å². The van der Waals surface area contributed by atoms with Gasteiger partial charge in [0.05, 0.1) is 23.9 Å². The SMILES string of the molecule is COc1ccc(Nc2c(C#N)ccc3c2C(=O)c2ccccc2C3=O)cc1. The summed E-state index contributed by atoms with van der Waals surface area (Å²) >= 11 is 0. The summed E-state index contributed by atoms with van der Waals surface area (Å²) in [5.41, 5.74) is 2.58. The summed E-state index contributed by atoms with van der Waals surface area (Å²) < 4.78 is 5.15. The van der Waals surface area contributed by atoms with Crippen molar-refractivity contribution in [2.45, 2.75) is 0 Å². The van der Waals surface area contributed by atoms with Crippen molar-refractivity contribution in [1.82, 2.24) is 0 Å². The van der Waals surface area contributed by atoms with Crippen molar-refractivity contribution in [3.63, 3.8) is 0 Å². The second-order valence-corrected chi connectivity index (χ2v) is 6.08. The highest BCUT2D eigenvalue weighted by Gasteiger charge is 2.32. The lowest BCUT2D eigenvalue weighted by molar-refractivity contribution is 0.0979. The van der Waals surface area contributed by atoms with Gasteiger partial charge in [-0.05, 0) is 36.4 Å². The van der Waals surface area contributed by atoms with Crippen molar-refractivity contribution in [1.29, 1.82) is 5.26 Å². The average Bonchev–Trinajstić information content (AvgIpc) is 2.72. The number of ketones is 2. The number of fused-ring (bicyclic) bond motifs is 2. The third kappa shape index (κ3) is 2.64. The van der Waals surface area contributed by atoms with Gasteiger partial charge in [0.2, 0.25) is 0 Å². The van der Waals surface area contributed by atoms with Gasteiger partial charge in [-0.15, -0.1) is 0 Å². The molecule has 1 aliphatic rings. The van der Waals surface area contributed by atoms with Crippen LogP contribution in [0.25, 0.3) is 0 Å². The van der Waals surface area contributed by atoms with Crippen molar-refractivity contribution in [3.05, 3.63) is 88.5 Å². The Bertz CT molecular complexity index is 1130. The smallest absolute Gasteiger partial charge is 0.196 e. The molecule has 0 amide bonds. The Morgan fingerprint density at radius 1 is 0.852 bits per heavy atom. The first-order valence-electron chi connectivity index (χ1n) is 8.30. The Labute approximate surface area is 155 Å². The summed E-state index contributed by atoms with van der Waals surface area (Å²) in [5.74, 6) is 0.201. The molecule has 5 nitrogen and oxygen atoms in total. The molecule has 4 rings (SSSR count). The van der Waals surface area contributed by atoms with E-state index in [1.54, 1.807) is 67.8 Å². The number of ether oxygens (including phenoxy) is 1. The second kappa shape index (κ2) is 6.43. The third-order valence-electron chi connectivity index (χ3n) is 4.57. The number of nitrogens with zero attached hydrogens (tertiary/aromatic N) is 1. The Hall–Kier alpha value is -3.91. The number of carbonyl (C=O) groups is 2. The number of nitrogens with one attached hydrogen (secondary N) is 1. The summed E-state index contributed by atoms with van der Waals surface area (Å²) in [7, 11) is 1.57. The van der Waals surface area contributed by atoms with E-state index < -0.39 is 0 Å². The van der Waals surface area contributed by atoms with E-state index in [2.05, 4.69) is 11.4 Å². The number of hydrogen-bond acceptors (Lipinski definition) is 5. The van der Waals surface area contributed by atoms with E-state index in [9.17, 15) is 14.9 Å². The Balaban J connectivity index is 1.88. The van der Waals surface area contributed by atoms with Crippen molar-refractivity contribution in [3.8, 4) is 11.8 Å². The molecule has 5 heteroatoms. The van der Waals surface area contributed by atoms with Crippen LogP contribution in [-0.2, 0) is 0 Å². The molecule has 1 aliphatic carbocycles. The molecule has 27 heavy (non-hydrogen) atoms. The van der Waals surface area contributed by atoms with Gasteiger partial charge < -0.3 is 10.1 Å². The lowest BCUT2D eigenvalue weighted by atomic mass is 9.82. The highest BCUT2D eigenvalue weighted by atomic mass is 16.5. The van der Waals surface area contributed by atoms with Gasteiger partial charge in [-0.2, -0.15) is 5.26 Å². The maximum atomic E-state index is 13.1. The molecule has 3 aromatic carbocycles. The molecule has 1 N–H and O–H groups in total. The van der Waals surface area contributed by atoms with Gasteiger partial charge in [0.1, 0.15) is 11.8 Å². The fourth-order valence-corrected chi connectivity index (χ4v) is 3.23. The lowest BCUT2D eigenvalue weighted by Gasteiger charge is -2.21. The summed E-state index contributed by atoms with van der Waals surface area (Å²) in [6.45, 7) is 0. The van der Waals surface area contributed by atoms with Gasteiger partial charge in [0.15, 0.2) is 11.6 Å². The molecule has 0 fully saturated rings. The van der Waals surface area contributed by atoms with Gasteiger partial charge in [-0.1, -0.05) is 24.3 Å². The first-order chi connectivity index (χ1) is 13.1. The van der Waals surface area contributed by atoms with Crippen LogP contribution in [0.3, 0.4) is 0 Å². The van der Waals surface area contributed by atoms with Crippen LogP contribution in [0.5, 0.6) is 5.75 Å². The Morgan fingerprint density at radius 2 is 1.52 bits per heavy atom. The van der Waals surface area contributed by atoms with E-state index in [4.69, 9.17) is 4.74 Å². The molecule has 3 aromatic rings. The standard InChI is InChI=1S/C22H14N2O3/c1-27-15-9-7-14(8-10-15)24-20-13(12-23)6-11-18-19(20)22(26)17-5-3-2-4-16(17)21(18)25/h2-11,24H,1H3. The first-order valence-corrected chi connectivity index (χ1v) is 8.30. The molecule has 0 spiro atoms. The van der Waals surface area contributed by atoms with Gasteiger partial charge >= 0.3 is 0 Å². The van der Waals surface area contributed by atoms with Crippen LogP contribution < -0.4 is 10.1 Å². The minimum Gasteiger partial charge on any atom is -0.497 e. The fourth-order valence-electron chi connectivity index (χ4n) is 3.23. The number of benzene rings is 3. The van der Waals surface area contributed by atoms with E-state index in [1.807, 2.05) is 0 Å². The normalized spacial score (nSPS) is 12.0. The summed E-state index contributed by atoms with van der Waals surface area (Å²) in [5, 5.41) is 12.7. The van der Waals surface area contributed by atoms with Gasteiger partial charge in [0, 0.05) is 22.4 Å². The molecule has 0 unspecified atom stereocenters. The van der Waals surface area contributed by atoms with E-state index in [-0.39, 0.29) is 17.1 Å². The predicted molar refractivity (Wildman–Crippen MR) is 101 cm³/mol. The molecule has 0 saturated heterocycles. The number of carbonyl (C=O) groups excluding carboxylic acids is 2. The highest BCUT2D eigenvalue weighted by molar-refractivity contribution is 6.30. The van der Waals surface area contributed by atoms with E-state index in [1.165, 1.54) is 0 Å². The molecular weight excluding hydrogens is 340 g/mol. The number of anilines is 2. The molecule has 0 heterocycles. The molecule has 0 atom stereocenters. The highest BCUT2D eigenvalue weighted by Crippen LogP contribution is 2.35. The van der Waals surface area contributed by atoms with E-state index in [0.29, 0.717) is 39.4 Å². The molecule has 0 saturated carbocycles. The number of methoxy groups -OCH3 is 1. The van der Waals surface area contributed by atoms with Crippen LogP contribution in [0.1, 0.15) is 37.4 Å². The lowest BCUT2D eigenvalue weighted by Crippen LogP contribution is -2.22. The number of nitriles is 1. The molecule has 0 radical (unpaired) electrons. The third-order valence-corrected chi connectivity index (χ3v) is 4.57. The van der Waals surface area contributed by atoms with Gasteiger partial charge in [-0.25, -0.2) is 0 Å². The van der Waals surface area contributed by atoms with Gasteiger partial charge in [-0.3, -0.25) is 9.59 Å². The van der Waals surface area contributed by atoms with Crippen molar-refractivity contribution in [2.75, 3.05) is 12.4 Å². The predicted octanol–water partition coefficient (Wildman–Crippen LogP) is 4.09. The zero-order valence-electron chi connectivity index (χ0n) is 14.4. The minimum absolute atomic E-state index is 0.220. The van der Waals surface area contributed by atoms with Crippen molar-refractivity contribution < 1.29 is 14.3 Å². The summed E-state index contributed by atoms with van der Waals surface area (Å²) in [6, 6.07) is 19.0. The van der Waals surface area contributed by atoms with Crippen LogP contribution in [0, 0.1) is 11.3 Å². The average molecular weight is 354 g/mol. The second-order valence-electron chi connectivity index (χ2n) is 6.08. The van der Waals surface area contributed by atoms with E-state index in [0.717, 1.165) is 0 Å². The zero-order chi connectivity index (χ0) is 19.0. The zero-order valence-corrected chi connectivity index (χ0v) is 14.4.